The summed E-state index contributed by atoms with van der Waals surface area (Å²) in [6.07, 6.45) is 4.63. The van der Waals surface area contributed by atoms with Gasteiger partial charge in [0.05, 0.1) is 22.6 Å². The van der Waals surface area contributed by atoms with Crippen molar-refractivity contribution in [1.82, 2.24) is 15.0 Å². The number of nitrogens with zero attached hydrogens (tertiary/aromatic N) is 3. The zero-order valence-corrected chi connectivity index (χ0v) is 17.6. The van der Waals surface area contributed by atoms with E-state index in [2.05, 4.69) is 30.9 Å². The van der Waals surface area contributed by atoms with Crippen molar-refractivity contribution in [2.24, 2.45) is 11.3 Å². The van der Waals surface area contributed by atoms with E-state index < -0.39 is 11.9 Å². The van der Waals surface area contributed by atoms with Crippen molar-refractivity contribution in [3.8, 4) is 0 Å². The van der Waals surface area contributed by atoms with Crippen molar-refractivity contribution in [3.63, 3.8) is 0 Å². The zero-order chi connectivity index (χ0) is 20.9. The quantitative estimate of drug-likeness (QED) is 0.755. The maximum Gasteiger partial charge on any atom is 0.308 e. The van der Waals surface area contributed by atoms with E-state index in [1.807, 2.05) is 6.07 Å². The summed E-state index contributed by atoms with van der Waals surface area (Å²) >= 11 is 0. The van der Waals surface area contributed by atoms with E-state index in [1.165, 1.54) is 0 Å². The highest BCUT2D eigenvalue weighted by Crippen LogP contribution is 2.41. The monoisotopic (exact) mass is 399 g/mol. The first-order valence-corrected chi connectivity index (χ1v) is 10.5. The number of carboxylic acid groups (broad SMARTS) is 1. The fourth-order valence-electron chi connectivity index (χ4n) is 3.72. The summed E-state index contributed by atoms with van der Waals surface area (Å²) in [5.74, 6) is -1.26. The van der Waals surface area contributed by atoms with E-state index in [1.54, 1.807) is 11.8 Å². The number of hydrogen-bond acceptors (Lipinski definition) is 5. The van der Waals surface area contributed by atoms with Crippen LogP contribution in [0.25, 0.3) is 11.1 Å². The Balaban J connectivity index is 1.78. The van der Waals surface area contributed by atoms with Crippen LogP contribution in [0.3, 0.4) is 0 Å². The number of fused-ring (bicyclic) bond motifs is 1. The van der Waals surface area contributed by atoms with Gasteiger partial charge >= 0.3 is 5.97 Å². The number of carboxylic acids is 1. The number of aromatic nitrogens is 2. The Hall–Kier alpha value is -2.44. The van der Waals surface area contributed by atoms with E-state index in [-0.39, 0.29) is 23.9 Å². The smallest absolute Gasteiger partial charge is 0.308 e. The van der Waals surface area contributed by atoms with Crippen molar-refractivity contribution < 1.29 is 19.2 Å². The normalized spacial score (nSPS) is 18.1. The second-order valence-electron chi connectivity index (χ2n) is 9.84. The van der Waals surface area contributed by atoms with Gasteiger partial charge in [-0.05, 0) is 43.6 Å². The van der Waals surface area contributed by atoms with Gasteiger partial charge in [0.25, 0.3) is 11.6 Å². The van der Waals surface area contributed by atoms with Gasteiger partial charge in [-0.2, -0.15) is 0 Å². The van der Waals surface area contributed by atoms with Crippen LogP contribution in [0.2, 0.25) is 0 Å². The first-order chi connectivity index (χ1) is 13.6. The summed E-state index contributed by atoms with van der Waals surface area (Å²) in [7, 11) is 0. The van der Waals surface area contributed by atoms with Gasteiger partial charge in [-0.1, -0.05) is 32.9 Å². The average molecular weight is 399 g/mol. The molecular formula is C22H29N3O4. The van der Waals surface area contributed by atoms with Gasteiger partial charge in [-0.15, -0.1) is 0 Å². The number of rotatable bonds is 7. The van der Waals surface area contributed by atoms with Crippen LogP contribution in [0.15, 0.2) is 10.6 Å². The van der Waals surface area contributed by atoms with Crippen LogP contribution < -0.4 is 0 Å². The van der Waals surface area contributed by atoms with E-state index >= 15 is 0 Å². The Bertz CT molecular complexity index is 951. The SMILES string of the molecule is CC(CN(C(=O)c1cc(C2CC2)nc2onc(CC(C)(C)C)c12)C1CC1)C(=O)O. The Labute approximate surface area is 170 Å². The number of pyridine rings is 1. The summed E-state index contributed by atoms with van der Waals surface area (Å²) < 4.78 is 5.55. The van der Waals surface area contributed by atoms with Crippen LogP contribution in [0.5, 0.6) is 0 Å². The van der Waals surface area contributed by atoms with Crippen LogP contribution in [0.4, 0.5) is 0 Å². The standard InChI is InChI=1S/C22H29N3O4/c1-12(21(27)28)11-25(14-7-8-14)20(26)15-9-16(13-5-6-13)23-19-18(15)17(24-29-19)10-22(2,3)4/h9,12-14H,5-8,10-11H2,1-4H3,(H,27,28). The highest BCUT2D eigenvalue weighted by Gasteiger charge is 2.37. The van der Waals surface area contributed by atoms with Crippen molar-refractivity contribution in [2.45, 2.75) is 71.8 Å². The highest BCUT2D eigenvalue weighted by atomic mass is 16.5. The van der Waals surface area contributed by atoms with E-state index in [4.69, 9.17) is 4.52 Å². The first kappa shape index (κ1) is 19.9. The summed E-state index contributed by atoms with van der Waals surface area (Å²) in [5.41, 5.74) is 2.57. The molecule has 29 heavy (non-hydrogen) atoms. The molecule has 0 bridgehead atoms. The van der Waals surface area contributed by atoms with E-state index in [0.717, 1.165) is 37.1 Å². The molecule has 2 aromatic heterocycles. The molecule has 2 aliphatic rings. The lowest BCUT2D eigenvalue weighted by Crippen LogP contribution is -2.38. The molecule has 7 heteroatoms. The summed E-state index contributed by atoms with van der Waals surface area (Å²) in [6.45, 7) is 8.21. The zero-order valence-electron chi connectivity index (χ0n) is 17.6. The average Bonchev–Trinajstić information content (AvgIpc) is 3.55. The van der Waals surface area contributed by atoms with Gasteiger partial charge in [0.15, 0.2) is 0 Å². The third-order valence-electron chi connectivity index (χ3n) is 5.60. The van der Waals surface area contributed by atoms with Gasteiger partial charge in [0, 0.05) is 24.2 Å². The molecule has 2 heterocycles. The third kappa shape index (κ3) is 4.28. The lowest BCUT2D eigenvalue weighted by Gasteiger charge is -2.25. The fourth-order valence-corrected chi connectivity index (χ4v) is 3.72. The van der Waals surface area contributed by atoms with E-state index in [0.29, 0.717) is 29.0 Å². The van der Waals surface area contributed by atoms with Gasteiger partial charge < -0.3 is 14.5 Å². The molecule has 2 aliphatic carbocycles. The number of carbonyl (C=O) groups is 2. The largest absolute Gasteiger partial charge is 0.481 e. The number of carbonyl (C=O) groups excluding carboxylic acids is 1. The minimum absolute atomic E-state index is 0.0205. The molecule has 0 aromatic carbocycles. The summed E-state index contributed by atoms with van der Waals surface area (Å²) in [6, 6.07) is 2.01. The molecular weight excluding hydrogens is 370 g/mol. The maximum absolute atomic E-state index is 13.6. The molecule has 156 valence electrons. The van der Waals surface area contributed by atoms with Gasteiger partial charge in [-0.3, -0.25) is 9.59 Å². The van der Waals surface area contributed by atoms with Crippen LogP contribution in [0.1, 0.15) is 81.0 Å². The molecule has 1 N–H and O–H groups in total. The molecule has 4 rings (SSSR count). The fraction of sp³-hybridized carbons (Fsp3) is 0.636. The highest BCUT2D eigenvalue weighted by molar-refractivity contribution is 6.06. The third-order valence-corrected chi connectivity index (χ3v) is 5.60. The van der Waals surface area contributed by atoms with Gasteiger partial charge in [0.1, 0.15) is 0 Å². The van der Waals surface area contributed by atoms with Crippen LogP contribution in [-0.2, 0) is 11.2 Å². The molecule has 1 atom stereocenters. The van der Waals surface area contributed by atoms with Crippen LogP contribution in [-0.4, -0.2) is 44.6 Å². The lowest BCUT2D eigenvalue weighted by atomic mass is 9.89. The predicted octanol–water partition coefficient (Wildman–Crippen LogP) is 4.01. The first-order valence-electron chi connectivity index (χ1n) is 10.5. The molecule has 0 saturated heterocycles. The summed E-state index contributed by atoms with van der Waals surface area (Å²) in [5, 5.41) is 14.3. The second kappa shape index (κ2) is 7.11. The lowest BCUT2D eigenvalue weighted by molar-refractivity contribution is -0.141. The summed E-state index contributed by atoms with van der Waals surface area (Å²) in [4.78, 5) is 31.4. The Morgan fingerprint density at radius 1 is 1.28 bits per heavy atom. The molecule has 0 aliphatic heterocycles. The topological polar surface area (TPSA) is 96.5 Å². The Morgan fingerprint density at radius 3 is 2.52 bits per heavy atom. The van der Waals surface area contributed by atoms with Crippen molar-refractivity contribution >= 4 is 23.0 Å². The Kier molecular flexibility index (Phi) is 4.87. The van der Waals surface area contributed by atoms with Gasteiger partial charge in [0.2, 0.25) is 0 Å². The van der Waals surface area contributed by atoms with E-state index in [9.17, 15) is 14.7 Å². The maximum atomic E-state index is 13.6. The molecule has 2 aromatic rings. The number of hydrogen-bond donors (Lipinski definition) is 1. The molecule has 2 saturated carbocycles. The minimum atomic E-state index is -0.889. The molecule has 2 fully saturated rings. The molecule has 1 unspecified atom stereocenters. The number of aliphatic carboxylic acids is 1. The number of amides is 1. The van der Waals surface area contributed by atoms with Crippen molar-refractivity contribution in [1.29, 1.82) is 0 Å². The van der Waals surface area contributed by atoms with Crippen molar-refractivity contribution in [3.05, 3.63) is 23.0 Å². The minimum Gasteiger partial charge on any atom is -0.481 e. The molecule has 0 spiro atoms. The van der Waals surface area contributed by atoms with Crippen LogP contribution >= 0.6 is 0 Å². The molecule has 7 nitrogen and oxygen atoms in total. The molecule has 0 radical (unpaired) electrons. The predicted molar refractivity (Wildman–Crippen MR) is 108 cm³/mol. The Morgan fingerprint density at radius 2 is 1.97 bits per heavy atom. The van der Waals surface area contributed by atoms with Crippen molar-refractivity contribution in [2.75, 3.05) is 6.54 Å². The second-order valence-corrected chi connectivity index (χ2v) is 9.84. The van der Waals surface area contributed by atoms with Crippen LogP contribution in [0, 0.1) is 11.3 Å². The molecule has 1 amide bonds. The van der Waals surface area contributed by atoms with Gasteiger partial charge in [-0.25, -0.2) is 4.98 Å².